The molecule has 4 N–H and O–H groups in total. The molecule has 0 aliphatic rings. The molecule has 0 saturated carbocycles. The first-order valence-corrected chi connectivity index (χ1v) is 21.0. The number of alkyl halides is 1. The number of amides is 4. The normalized spacial score (nSPS) is 12.1. The molecule has 0 spiro atoms. The molecule has 14 nitrogen and oxygen atoms in total. The van der Waals surface area contributed by atoms with Crippen LogP contribution in [0.3, 0.4) is 0 Å². The van der Waals surface area contributed by atoms with Crippen molar-refractivity contribution in [3.8, 4) is 0 Å². The Bertz CT molecular complexity index is 2660. The van der Waals surface area contributed by atoms with Gasteiger partial charge in [0.15, 0.2) is 11.6 Å². The van der Waals surface area contributed by atoms with Crippen LogP contribution in [-0.2, 0) is 25.6 Å². The highest BCUT2D eigenvalue weighted by Crippen LogP contribution is 2.33. The van der Waals surface area contributed by atoms with Crippen molar-refractivity contribution in [1.82, 2.24) is 0 Å². The van der Waals surface area contributed by atoms with Crippen LogP contribution in [0.2, 0.25) is 30.1 Å². The van der Waals surface area contributed by atoms with Gasteiger partial charge in [0.1, 0.15) is 11.4 Å². The lowest BCUT2D eigenvalue weighted by molar-refractivity contribution is -0.127. The van der Waals surface area contributed by atoms with E-state index in [1.807, 2.05) is 0 Å². The number of ketones is 2. The highest BCUT2D eigenvalue weighted by atomic mass is 35.5. The second kappa shape index (κ2) is 22.3. The summed E-state index contributed by atoms with van der Waals surface area (Å²) in [6.45, 7) is 2.29. The summed E-state index contributed by atoms with van der Waals surface area (Å²) in [5, 5.41) is 27.4. The summed E-state index contributed by atoms with van der Waals surface area (Å²) in [6, 6.07) is 18.8. The van der Waals surface area contributed by atoms with Crippen LogP contribution in [0.1, 0.15) is 40.1 Å². The Hall–Kier alpha value is -5.45. The zero-order valence-corrected chi connectivity index (χ0v) is 37.9. The summed E-state index contributed by atoms with van der Waals surface area (Å²) >= 11 is 43.2. The Morgan fingerprint density at radius 3 is 1.37 bits per heavy atom. The van der Waals surface area contributed by atoms with Gasteiger partial charge in [-0.1, -0.05) is 81.7 Å². The molecule has 0 aromatic heterocycles. The molecule has 2 atom stereocenters. The van der Waals surface area contributed by atoms with Crippen LogP contribution < -0.4 is 21.3 Å². The predicted octanol–water partition coefficient (Wildman–Crippen LogP) is 12.3. The third-order valence-electron chi connectivity index (χ3n) is 8.51. The summed E-state index contributed by atoms with van der Waals surface area (Å²) in [7, 11) is 0. The molecule has 0 aliphatic heterocycles. The van der Waals surface area contributed by atoms with Gasteiger partial charge in [0.05, 0.1) is 21.2 Å². The summed E-state index contributed by atoms with van der Waals surface area (Å²) in [5.41, 5.74) is 1.55. The van der Waals surface area contributed by atoms with Crippen LogP contribution in [0.5, 0.6) is 0 Å². The van der Waals surface area contributed by atoms with E-state index in [1.54, 1.807) is 0 Å². The lowest BCUT2D eigenvalue weighted by Gasteiger charge is -2.15. The average molecular weight is 992 g/mol. The van der Waals surface area contributed by atoms with E-state index in [2.05, 4.69) is 41.7 Å². The van der Waals surface area contributed by atoms with Crippen molar-refractivity contribution in [2.45, 2.75) is 32.4 Å². The van der Waals surface area contributed by atoms with Gasteiger partial charge < -0.3 is 21.3 Å². The molecule has 5 aromatic rings. The van der Waals surface area contributed by atoms with Gasteiger partial charge >= 0.3 is 0 Å². The molecular formula is C42H31Cl7N8O6. The fourth-order valence-corrected chi connectivity index (χ4v) is 7.34. The number of hydrogen-bond acceptors (Lipinski definition) is 10. The first-order valence-electron chi connectivity index (χ1n) is 18.2. The van der Waals surface area contributed by atoms with Crippen LogP contribution in [0.4, 0.5) is 34.1 Å². The highest BCUT2D eigenvalue weighted by molar-refractivity contribution is 6.38. The van der Waals surface area contributed by atoms with Crippen LogP contribution in [-0.4, -0.2) is 53.2 Å². The van der Waals surface area contributed by atoms with Gasteiger partial charge in [0.2, 0.25) is 12.1 Å². The van der Waals surface area contributed by atoms with E-state index in [-0.39, 0.29) is 56.2 Å². The number of carbonyl (C=O) groups is 6. The maximum Gasteiger partial charge on any atom is 0.258 e. The van der Waals surface area contributed by atoms with E-state index in [0.29, 0.717) is 37.0 Å². The summed E-state index contributed by atoms with van der Waals surface area (Å²) in [5.74, 6) is -4.15. The first-order chi connectivity index (χ1) is 29.9. The third kappa shape index (κ3) is 13.3. The van der Waals surface area contributed by atoms with Gasteiger partial charge in [0.25, 0.3) is 23.6 Å². The van der Waals surface area contributed by atoms with E-state index in [0.717, 1.165) is 13.8 Å². The number of azo groups is 2. The number of halogens is 7. The lowest BCUT2D eigenvalue weighted by Crippen LogP contribution is -2.32. The maximum atomic E-state index is 13.4. The Morgan fingerprint density at radius 1 is 0.524 bits per heavy atom. The van der Waals surface area contributed by atoms with Crippen molar-refractivity contribution >= 4 is 151 Å². The number of anilines is 4. The minimum absolute atomic E-state index is 0.000402. The van der Waals surface area contributed by atoms with Gasteiger partial charge in [0, 0.05) is 48.7 Å². The Balaban J connectivity index is 1.28. The molecule has 4 amide bonds. The smallest absolute Gasteiger partial charge is 0.258 e. The second-order valence-electron chi connectivity index (χ2n) is 13.2. The molecule has 0 aliphatic carbocycles. The number of benzene rings is 5. The average Bonchev–Trinajstić information content (AvgIpc) is 3.19. The van der Waals surface area contributed by atoms with E-state index in [4.69, 9.17) is 81.2 Å². The van der Waals surface area contributed by atoms with Crippen LogP contribution in [0, 0.1) is 0 Å². The highest BCUT2D eigenvalue weighted by Gasteiger charge is 2.27. The van der Waals surface area contributed by atoms with Gasteiger partial charge in [-0.05, 0) is 105 Å². The van der Waals surface area contributed by atoms with Crippen molar-refractivity contribution in [2.75, 3.05) is 27.1 Å². The Kier molecular flexibility index (Phi) is 17.2. The van der Waals surface area contributed by atoms with Crippen molar-refractivity contribution in [3.05, 3.63) is 138 Å². The minimum atomic E-state index is -1.64. The quantitative estimate of drug-likeness (QED) is 0.0430. The van der Waals surface area contributed by atoms with E-state index < -0.39 is 47.3 Å². The SMILES string of the molecule is CC(=O)C(N=Nc1cccc(C(=O)Nc2cc(Cl)cc(Cl)c2)c1Cl)C(=O)Nc1ccc(NC(=O)C(N=Nc2cccc(C(=O)Nc3cc(Cl)cc(Cl)c3)c2Cl)C(C)=O)c(CCCl)c1. The minimum Gasteiger partial charge on any atom is -0.324 e. The van der Waals surface area contributed by atoms with Gasteiger partial charge in [-0.3, -0.25) is 28.8 Å². The number of nitrogens with one attached hydrogen (secondary N) is 4. The van der Waals surface area contributed by atoms with Crippen LogP contribution >= 0.6 is 81.2 Å². The molecule has 21 heteroatoms. The van der Waals surface area contributed by atoms with Crippen LogP contribution in [0.15, 0.2) is 111 Å². The number of rotatable bonds is 16. The van der Waals surface area contributed by atoms with Crippen molar-refractivity contribution in [3.63, 3.8) is 0 Å². The molecule has 63 heavy (non-hydrogen) atoms. The van der Waals surface area contributed by atoms with Crippen molar-refractivity contribution in [1.29, 1.82) is 0 Å². The van der Waals surface area contributed by atoms with E-state index >= 15 is 0 Å². The summed E-state index contributed by atoms with van der Waals surface area (Å²) in [4.78, 5) is 78.1. The molecule has 0 bridgehead atoms. The lowest BCUT2D eigenvalue weighted by atomic mass is 10.1. The maximum absolute atomic E-state index is 13.4. The van der Waals surface area contributed by atoms with Gasteiger partial charge in [-0.25, -0.2) is 0 Å². The molecule has 2 unspecified atom stereocenters. The zero-order valence-electron chi connectivity index (χ0n) is 32.6. The standard InChI is InChI=1S/C42H31Cl7N8O6/c1-20(58)37(56-54-33-7-3-5-30(35(33)48)39(60)51-28-16-23(44)14-24(45)17-28)41(62)50-27-9-10-32(22(13-27)11-12-43)53-42(63)38(21(2)59)57-55-34-8-4-6-31(36(34)49)40(61)52-29-18-25(46)15-26(47)19-29/h3-10,13-19,37-38H,11-12H2,1-2H3,(H,50,62)(H,51,60)(H,52,61)(H,53,63). The molecule has 0 heterocycles. The van der Waals surface area contributed by atoms with Gasteiger partial charge in [-0.15, -0.1) is 11.6 Å². The number of nitrogens with zero attached hydrogens (tertiary/aromatic N) is 4. The number of aryl methyl sites for hydroxylation is 1. The molecular weight excluding hydrogens is 961 g/mol. The van der Waals surface area contributed by atoms with Gasteiger partial charge in [-0.2, -0.15) is 20.5 Å². The summed E-state index contributed by atoms with van der Waals surface area (Å²) in [6.07, 6.45) is 0.196. The third-order valence-corrected chi connectivity index (χ3v) is 10.4. The first kappa shape index (κ1) is 48.6. The van der Waals surface area contributed by atoms with E-state index in [9.17, 15) is 28.8 Å². The molecule has 0 fully saturated rings. The molecule has 0 radical (unpaired) electrons. The number of hydrogen-bond donors (Lipinski definition) is 4. The topological polar surface area (TPSA) is 200 Å². The molecule has 5 aromatic carbocycles. The van der Waals surface area contributed by atoms with Crippen LogP contribution in [0.25, 0.3) is 0 Å². The van der Waals surface area contributed by atoms with Crippen molar-refractivity contribution in [2.24, 2.45) is 20.5 Å². The molecule has 0 saturated heterocycles. The Morgan fingerprint density at radius 2 is 0.952 bits per heavy atom. The molecule has 324 valence electrons. The zero-order chi connectivity index (χ0) is 46.0. The fourth-order valence-electron chi connectivity index (χ4n) is 5.58. The monoisotopic (exact) mass is 988 g/mol. The van der Waals surface area contributed by atoms with Crippen molar-refractivity contribution < 1.29 is 28.8 Å². The second-order valence-corrected chi connectivity index (χ2v) is 16.1. The Labute approximate surface area is 394 Å². The van der Waals surface area contributed by atoms with E-state index in [1.165, 1.54) is 91.0 Å². The number of Topliss-reactive ketones (excluding diaryl/α,β-unsaturated/α-hetero) is 2. The predicted molar refractivity (Wildman–Crippen MR) is 248 cm³/mol. The summed E-state index contributed by atoms with van der Waals surface area (Å²) < 4.78 is 0. The molecule has 5 rings (SSSR count). The fraction of sp³-hybridized carbons (Fsp3) is 0.143. The number of carbonyl (C=O) groups excluding carboxylic acids is 6. The largest absolute Gasteiger partial charge is 0.324 e.